The van der Waals surface area contributed by atoms with Crippen LogP contribution in [0.1, 0.15) is 11.1 Å². The number of benzene rings is 2. The van der Waals surface area contributed by atoms with Gasteiger partial charge in [0.25, 0.3) is 0 Å². The fourth-order valence-electron chi connectivity index (χ4n) is 2.94. The summed E-state index contributed by atoms with van der Waals surface area (Å²) < 4.78 is 39.6. The summed E-state index contributed by atoms with van der Waals surface area (Å²) in [5.41, 5.74) is 2.06. The van der Waals surface area contributed by atoms with E-state index >= 15 is 0 Å². The van der Waals surface area contributed by atoms with E-state index in [1.54, 1.807) is 11.0 Å². The van der Waals surface area contributed by atoms with Gasteiger partial charge in [0.2, 0.25) is 15.9 Å². The molecular weight excluding hydrogens is 367 g/mol. The Bertz CT molecular complexity index is 947. The van der Waals surface area contributed by atoms with E-state index in [0.717, 1.165) is 23.3 Å². The third-order valence-electron chi connectivity index (χ3n) is 4.60. The van der Waals surface area contributed by atoms with Gasteiger partial charge in [-0.05, 0) is 48.4 Å². The maximum absolute atomic E-state index is 13.0. The standard InChI is InChI=1S/C20H21FN2O3S/c1-16-4-2-3-5-17(16)6-11-20(24)22-12-14-23(15-13-22)27(25,26)19-9-7-18(21)8-10-19/h2-11H,12-15H2,1H3/b11-6+. The fourth-order valence-corrected chi connectivity index (χ4v) is 4.37. The van der Waals surface area contributed by atoms with Crippen LogP contribution in [0.2, 0.25) is 0 Å². The molecule has 0 aliphatic carbocycles. The Balaban J connectivity index is 1.62. The molecule has 1 heterocycles. The van der Waals surface area contributed by atoms with E-state index in [4.69, 9.17) is 0 Å². The second-order valence-corrected chi connectivity index (χ2v) is 8.31. The van der Waals surface area contributed by atoms with E-state index in [1.807, 2.05) is 31.2 Å². The van der Waals surface area contributed by atoms with E-state index in [1.165, 1.54) is 22.5 Å². The third kappa shape index (κ3) is 4.43. The molecule has 0 N–H and O–H groups in total. The van der Waals surface area contributed by atoms with Crippen LogP contribution in [0.4, 0.5) is 4.39 Å². The third-order valence-corrected chi connectivity index (χ3v) is 6.51. The predicted octanol–water partition coefficient (Wildman–Crippen LogP) is 2.68. The van der Waals surface area contributed by atoms with Crippen molar-refractivity contribution in [3.63, 3.8) is 0 Å². The molecule has 1 aliphatic rings. The van der Waals surface area contributed by atoms with Crippen LogP contribution in [0.25, 0.3) is 6.08 Å². The molecule has 0 radical (unpaired) electrons. The Morgan fingerprint density at radius 1 is 1.00 bits per heavy atom. The number of hydrogen-bond donors (Lipinski definition) is 0. The van der Waals surface area contributed by atoms with Gasteiger partial charge < -0.3 is 4.90 Å². The van der Waals surface area contributed by atoms with Crippen LogP contribution in [-0.2, 0) is 14.8 Å². The van der Waals surface area contributed by atoms with Crippen LogP contribution >= 0.6 is 0 Å². The average Bonchev–Trinajstić information content (AvgIpc) is 2.67. The minimum Gasteiger partial charge on any atom is -0.337 e. The number of halogens is 1. The van der Waals surface area contributed by atoms with Gasteiger partial charge >= 0.3 is 0 Å². The predicted molar refractivity (Wildman–Crippen MR) is 102 cm³/mol. The van der Waals surface area contributed by atoms with Gasteiger partial charge in [0.05, 0.1) is 4.90 Å². The lowest BCUT2D eigenvalue weighted by molar-refractivity contribution is -0.127. The van der Waals surface area contributed by atoms with Crippen molar-refractivity contribution in [3.8, 4) is 0 Å². The summed E-state index contributed by atoms with van der Waals surface area (Å²) in [6.07, 6.45) is 3.30. The molecule has 27 heavy (non-hydrogen) atoms. The van der Waals surface area contributed by atoms with Crippen molar-refractivity contribution in [1.82, 2.24) is 9.21 Å². The molecule has 7 heteroatoms. The monoisotopic (exact) mass is 388 g/mol. The lowest BCUT2D eigenvalue weighted by Gasteiger charge is -2.33. The second kappa shape index (κ2) is 8.02. The summed E-state index contributed by atoms with van der Waals surface area (Å²) in [4.78, 5) is 14.1. The maximum atomic E-state index is 13.0. The molecule has 1 saturated heterocycles. The molecule has 0 atom stereocenters. The van der Waals surface area contributed by atoms with E-state index in [9.17, 15) is 17.6 Å². The van der Waals surface area contributed by atoms with Gasteiger partial charge in [-0.3, -0.25) is 4.79 Å². The molecule has 0 saturated carbocycles. The van der Waals surface area contributed by atoms with Crippen molar-refractivity contribution in [3.05, 3.63) is 71.6 Å². The first kappa shape index (κ1) is 19.3. The number of carbonyl (C=O) groups excluding carboxylic acids is 1. The first-order valence-electron chi connectivity index (χ1n) is 8.66. The second-order valence-electron chi connectivity index (χ2n) is 6.37. The summed E-state index contributed by atoms with van der Waals surface area (Å²) in [6.45, 7) is 3.03. The summed E-state index contributed by atoms with van der Waals surface area (Å²) in [5, 5.41) is 0. The van der Waals surface area contributed by atoms with Crippen molar-refractivity contribution < 1.29 is 17.6 Å². The Labute approximate surface area is 158 Å². The molecule has 1 aliphatic heterocycles. The van der Waals surface area contributed by atoms with Crippen LogP contribution in [0.15, 0.2) is 59.5 Å². The summed E-state index contributed by atoms with van der Waals surface area (Å²) in [5.74, 6) is -0.623. The highest BCUT2D eigenvalue weighted by atomic mass is 32.2. The average molecular weight is 388 g/mol. The minimum absolute atomic E-state index is 0.0584. The molecule has 0 aromatic heterocycles. The first-order chi connectivity index (χ1) is 12.9. The van der Waals surface area contributed by atoms with Gasteiger partial charge in [0.1, 0.15) is 5.82 Å². The fraction of sp³-hybridized carbons (Fsp3) is 0.250. The van der Waals surface area contributed by atoms with Crippen molar-refractivity contribution >= 4 is 22.0 Å². The van der Waals surface area contributed by atoms with Crippen LogP contribution in [0.5, 0.6) is 0 Å². The van der Waals surface area contributed by atoms with Gasteiger partial charge in [-0.15, -0.1) is 0 Å². The molecule has 0 unspecified atom stereocenters. The van der Waals surface area contributed by atoms with Crippen molar-refractivity contribution in [2.24, 2.45) is 0 Å². The highest BCUT2D eigenvalue weighted by Gasteiger charge is 2.29. The number of amides is 1. The highest BCUT2D eigenvalue weighted by molar-refractivity contribution is 7.89. The van der Waals surface area contributed by atoms with Gasteiger partial charge in [0, 0.05) is 32.3 Å². The number of piperazine rings is 1. The van der Waals surface area contributed by atoms with E-state index in [-0.39, 0.29) is 23.9 Å². The van der Waals surface area contributed by atoms with Crippen molar-refractivity contribution in [2.75, 3.05) is 26.2 Å². The molecule has 0 bridgehead atoms. The number of hydrogen-bond acceptors (Lipinski definition) is 3. The normalized spacial score (nSPS) is 16.0. The topological polar surface area (TPSA) is 57.7 Å². The summed E-state index contributed by atoms with van der Waals surface area (Å²) in [6, 6.07) is 12.5. The van der Waals surface area contributed by atoms with E-state index < -0.39 is 15.8 Å². The van der Waals surface area contributed by atoms with Crippen LogP contribution in [-0.4, -0.2) is 49.7 Å². The zero-order valence-electron chi connectivity index (χ0n) is 15.0. The number of rotatable bonds is 4. The molecule has 1 fully saturated rings. The van der Waals surface area contributed by atoms with Crippen LogP contribution in [0.3, 0.4) is 0 Å². The summed E-state index contributed by atoms with van der Waals surface area (Å²) >= 11 is 0. The SMILES string of the molecule is Cc1ccccc1/C=C/C(=O)N1CCN(S(=O)(=O)c2ccc(F)cc2)CC1. The Morgan fingerprint density at radius 2 is 1.63 bits per heavy atom. The van der Waals surface area contributed by atoms with Gasteiger partial charge in [0.15, 0.2) is 0 Å². The largest absolute Gasteiger partial charge is 0.337 e. The molecule has 0 spiro atoms. The molecular formula is C20H21FN2O3S. The Kier molecular flexibility index (Phi) is 5.72. The molecule has 2 aromatic carbocycles. The molecule has 3 rings (SSSR count). The Hall–Kier alpha value is -2.51. The number of nitrogens with zero attached hydrogens (tertiary/aromatic N) is 2. The Morgan fingerprint density at radius 3 is 2.26 bits per heavy atom. The van der Waals surface area contributed by atoms with Crippen LogP contribution in [0, 0.1) is 12.7 Å². The van der Waals surface area contributed by atoms with E-state index in [2.05, 4.69) is 0 Å². The number of aryl methyl sites for hydroxylation is 1. The highest BCUT2D eigenvalue weighted by Crippen LogP contribution is 2.18. The van der Waals surface area contributed by atoms with Crippen molar-refractivity contribution in [1.29, 1.82) is 0 Å². The first-order valence-corrected chi connectivity index (χ1v) is 10.1. The minimum atomic E-state index is -3.68. The summed E-state index contributed by atoms with van der Waals surface area (Å²) in [7, 11) is -3.68. The van der Waals surface area contributed by atoms with Gasteiger partial charge in [-0.25, -0.2) is 12.8 Å². The molecule has 142 valence electrons. The quantitative estimate of drug-likeness (QED) is 0.757. The van der Waals surface area contributed by atoms with E-state index in [0.29, 0.717) is 13.1 Å². The number of carbonyl (C=O) groups is 1. The lowest BCUT2D eigenvalue weighted by Crippen LogP contribution is -2.50. The maximum Gasteiger partial charge on any atom is 0.246 e. The smallest absolute Gasteiger partial charge is 0.246 e. The molecule has 1 amide bonds. The van der Waals surface area contributed by atoms with Gasteiger partial charge in [-0.1, -0.05) is 24.3 Å². The van der Waals surface area contributed by atoms with Gasteiger partial charge in [-0.2, -0.15) is 4.31 Å². The van der Waals surface area contributed by atoms with Crippen molar-refractivity contribution in [2.45, 2.75) is 11.8 Å². The zero-order valence-corrected chi connectivity index (χ0v) is 15.8. The zero-order chi connectivity index (χ0) is 19.4. The number of sulfonamides is 1. The lowest BCUT2D eigenvalue weighted by atomic mass is 10.1. The molecule has 2 aromatic rings. The van der Waals surface area contributed by atoms with Crippen LogP contribution < -0.4 is 0 Å². The molecule has 5 nitrogen and oxygen atoms in total.